The normalized spacial score (nSPS) is 24.8. The molecule has 0 radical (unpaired) electrons. The molecule has 2 unspecified atom stereocenters. The Morgan fingerprint density at radius 1 is 1.44 bits per heavy atom. The monoisotopic (exact) mass is 237 g/mol. The summed E-state index contributed by atoms with van der Waals surface area (Å²) in [6.45, 7) is 9.17. The Bertz CT molecular complexity index is 329. The number of hydrogen-bond acceptors (Lipinski definition) is 2. The highest BCUT2D eigenvalue weighted by atomic mass is 32.1. The van der Waals surface area contributed by atoms with E-state index in [1.54, 1.807) is 4.88 Å². The van der Waals surface area contributed by atoms with Crippen LogP contribution in [0.2, 0.25) is 0 Å². The molecule has 1 fully saturated rings. The molecule has 1 aromatic heterocycles. The van der Waals surface area contributed by atoms with Gasteiger partial charge in [0.25, 0.3) is 0 Å². The maximum Gasteiger partial charge on any atom is 0.0109 e. The summed E-state index contributed by atoms with van der Waals surface area (Å²) in [6, 6.07) is 2.26. The fourth-order valence-corrected chi connectivity index (χ4v) is 3.64. The molecule has 0 bridgehead atoms. The quantitative estimate of drug-likeness (QED) is 0.821. The second-order valence-corrected chi connectivity index (χ2v) is 6.41. The van der Waals surface area contributed by atoms with Gasteiger partial charge in [-0.1, -0.05) is 13.8 Å². The van der Waals surface area contributed by atoms with Gasteiger partial charge in [0.05, 0.1) is 0 Å². The van der Waals surface area contributed by atoms with Gasteiger partial charge in [-0.15, -0.1) is 11.3 Å². The number of thiophene rings is 1. The molecule has 1 N–H and O–H groups in total. The van der Waals surface area contributed by atoms with Crippen LogP contribution in [0.5, 0.6) is 0 Å². The molecule has 2 heteroatoms. The van der Waals surface area contributed by atoms with Crippen molar-refractivity contribution in [3.05, 3.63) is 21.9 Å². The van der Waals surface area contributed by atoms with Crippen LogP contribution in [-0.2, 0) is 0 Å². The predicted molar refractivity (Wildman–Crippen MR) is 72.2 cm³/mol. The third kappa shape index (κ3) is 2.67. The molecule has 1 aliphatic carbocycles. The number of nitrogens with one attached hydrogen (secondary N) is 1. The first-order valence-corrected chi connectivity index (χ1v) is 7.31. The van der Waals surface area contributed by atoms with Gasteiger partial charge >= 0.3 is 0 Å². The summed E-state index contributed by atoms with van der Waals surface area (Å²) in [4.78, 5) is 1.64. The van der Waals surface area contributed by atoms with Crippen molar-refractivity contribution in [3.63, 3.8) is 0 Å². The van der Waals surface area contributed by atoms with Crippen molar-refractivity contribution in [3.8, 4) is 0 Å². The van der Waals surface area contributed by atoms with E-state index in [1.165, 1.54) is 24.9 Å². The molecule has 1 saturated carbocycles. The molecule has 1 aliphatic rings. The Kier molecular flexibility index (Phi) is 4.04. The number of rotatable bonds is 5. The predicted octanol–water partition coefficient (Wildman–Crippen LogP) is 3.80. The number of hydrogen-bond donors (Lipinski definition) is 1. The van der Waals surface area contributed by atoms with Gasteiger partial charge in [0.2, 0.25) is 0 Å². The minimum absolute atomic E-state index is 0.766. The lowest BCUT2D eigenvalue weighted by Crippen LogP contribution is -2.35. The highest BCUT2D eigenvalue weighted by Gasteiger charge is 2.33. The van der Waals surface area contributed by atoms with Crippen molar-refractivity contribution in [1.29, 1.82) is 0 Å². The van der Waals surface area contributed by atoms with Crippen LogP contribution in [0.15, 0.2) is 11.4 Å². The molecule has 2 atom stereocenters. The van der Waals surface area contributed by atoms with Gasteiger partial charge in [-0.05, 0) is 67.6 Å². The summed E-state index contributed by atoms with van der Waals surface area (Å²) < 4.78 is 0. The van der Waals surface area contributed by atoms with Gasteiger partial charge in [0.15, 0.2) is 0 Å². The van der Waals surface area contributed by atoms with E-state index in [-0.39, 0.29) is 0 Å². The largest absolute Gasteiger partial charge is 0.316 e. The second kappa shape index (κ2) is 5.33. The topological polar surface area (TPSA) is 12.0 Å². The van der Waals surface area contributed by atoms with Gasteiger partial charge in [-0.25, -0.2) is 0 Å². The zero-order valence-electron chi connectivity index (χ0n) is 10.6. The van der Waals surface area contributed by atoms with Crippen LogP contribution in [-0.4, -0.2) is 13.1 Å². The van der Waals surface area contributed by atoms with Crippen molar-refractivity contribution in [2.45, 2.75) is 39.5 Å². The highest BCUT2D eigenvalue weighted by molar-refractivity contribution is 7.10. The van der Waals surface area contributed by atoms with Crippen LogP contribution >= 0.6 is 11.3 Å². The van der Waals surface area contributed by atoms with Crippen LogP contribution in [0.4, 0.5) is 0 Å². The lowest BCUT2D eigenvalue weighted by molar-refractivity contribution is 0.246. The Balaban J connectivity index is 1.82. The minimum atomic E-state index is 0.766. The molecule has 0 amide bonds. The van der Waals surface area contributed by atoms with Gasteiger partial charge < -0.3 is 5.32 Å². The Labute approximate surface area is 103 Å². The Morgan fingerprint density at radius 3 is 2.75 bits per heavy atom. The van der Waals surface area contributed by atoms with Crippen molar-refractivity contribution < 1.29 is 0 Å². The zero-order valence-corrected chi connectivity index (χ0v) is 11.4. The van der Waals surface area contributed by atoms with Crippen LogP contribution < -0.4 is 5.32 Å². The first kappa shape index (κ1) is 12.1. The maximum absolute atomic E-state index is 3.60. The fourth-order valence-electron chi connectivity index (χ4n) is 2.48. The smallest absolute Gasteiger partial charge is 0.0109 e. The summed E-state index contributed by atoms with van der Waals surface area (Å²) in [5.74, 6) is 2.50. The van der Waals surface area contributed by atoms with Crippen molar-refractivity contribution in [2.75, 3.05) is 13.1 Å². The van der Waals surface area contributed by atoms with E-state index < -0.39 is 0 Å². The molecule has 90 valence electrons. The van der Waals surface area contributed by atoms with Crippen LogP contribution in [0.25, 0.3) is 0 Å². The standard InChI is InChI=1S/C14H23NS/c1-10(2)8-15-9-12-4-5-13(12)14-11(3)6-7-16-14/h6-7,10,12-13,15H,4-5,8-9H2,1-3H3. The van der Waals surface area contributed by atoms with E-state index in [2.05, 4.69) is 37.5 Å². The Hall–Kier alpha value is -0.340. The maximum atomic E-state index is 3.60. The SMILES string of the molecule is Cc1ccsc1C1CCC1CNCC(C)C. The molecule has 0 aliphatic heterocycles. The minimum Gasteiger partial charge on any atom is -0.316 e. The molecule has 0 aromatic carbocycles. The molecule has 0 saturated heterocycles. The summed E-state index contributed by atoms with van der Waals surface area (Å²) >= 11 is 1.95. The summed E-state index contributed by atoms with van der Waals surface area (Å²) in [6.07, 6.45) is 2.81. The van der Waals surface area contributed by atoms with E-state index in [0.29, 0.717) is 0 Å². The molecular formula is C14H23NS. The average Bonchev–Trinajstić information content (AvgIpc) is 2.58. The van der Waals surface area contributed by atoms with E-state index in [9.17, 15) is 0 Å². The van der Waals surface area contributed by atoms with Crippen LogP contribution in [0, 0.1) is 18.8 Å². The lowest BCUT2D eigenvalue weighted by atomic mass is 9.72. The van der Waals surface area contributed by atoms with Crippen molar-refractivity contribution in [2.24, 2.45) is 11.8 Å². The van der Waals surface area contributed by atoms with E-state index in [0.717, 1.165) is 24.3 Å². The summed E-state index contributed by atoms with van der Waals surface area (Å²) in [5.41, 5.74) is 1.50. The lowest BCUT2D eigenvalue weighted by Gasteiger charge is -2.37. The number of aryl methyl sites for hydroxylation is 1. The zero-order chi connectivity index (χ0) is 11.5. The highest BCUT2D eigenvalue weighted by Crippen LogP contribution is 2.45. The van der Waals surface area contributed by atoms with E-state index in [1.807, 2.05) is 11.3 Å². The van der Waals surface area contributed by atoms with E-state index in [4.69, 9.17) is 0 Å². The van der Waals surface area contributed by atoms with Crippen molar-refractivity contribution in [1.82, 2.24) is 5.32 Å². The van der Waals surface area contributed by atoms with Gasteiger partial charge in [0.1, 0.15) is 0 Å². The summed E-state index contributed by atoms with van der Waals surface area (Å²) in [5, 5.41) is 5.84. The molecule has 1 heterocycles. The van der Waals surface area contributed by atoms with Crippen LogP contribution in [0.1, 0.15) is 43.0 Å². The van der Waals surface area contributed by atoms with Gasteiger partial charge in [-0.3, -0.25) is 0 Å². The second-order valence-electron chi connectivity index (χ2n) is 5.46. The molecule has 0 spiro atoms. The molecule has 16 heavy (non-hydrogen) atoms. The fraction of sp³-hybridized carbons (Fsp3) is 0.714. The first-order chi connectivity index (χ1) is 7.68. The van der Waals surface area contributed by atoms with Gasteiger partial charge in [-0.2, -0.15) is 0 Å². The Morgan fingerprint density at radius 2 is 2.25 bits per heavy atom. The van der Waals surface area contributed by atoms with Gasteiger partial charge in [0, 0.05) is 4.88 Å². The average molecular weight is 237 g/mol. The molecule has 2 rings (SSSR count). The van der Waals surface area contributed by atoms with Crippen LogP contribution in [0.3, 0.4) is 0 Å². The molecule has 1 nitrogen and oxygen atoms in total. The third-order valence-corrected chi connectivity index (χ3v) is 4.77. The van der Waals surface area contributed by atoms with Crippen molar-refractivity contribution >= 4 is 11.3 Å². The molecular weight excluding hydrogens is 214 g/mol. The summed E-state index contributed by atoms with van der Waals surface area (Å²) in [7, 11) is 0. The first-order valence-electron chi connectivity index (χ1n) is 6.43. The van der Waals surface area contributed by atoms with E-state index >= 15 is 0 Å². The molecule has 1 aromatic rings. The third-order valence-electron chi connectivity index (χ3n) is 3.62.